The molecule has 1 rings (SSSR count). The summed E-state index contributed by atoms with van der Waals surface area (Å²) < 4.78 is 5.69. The molecule has 0 saturated heterocycles. The van der Waals surface area contributed by atoms with E-state index in [0.29, 0.717) is 0 Å². The number of nitrogens with one attached hydrogen (secondary N) is 1. The first-order valence-corrected chi connectivity index (χ1v) is 8.91. The van der Waals surface area contributed by atoms with Crippen LogP contribution in [-0.2, 0) is 4.79 Å². The molecule has 0 fully saturated rings. The Bertz CT molecular complexity index is 392. The molecule has 4 heteroatoms. The number of hydrogen-bond donors (Lipinski definition) is 1. The minimum Gasteiger partial charge on any atom is -0.494 e. The first kappa shape index (κ1) is 18.0. The van der Waals surface area contributed by atoms with Gasteiger partial charge in [0.15, 0.2) is 0 Å². The van der Waals surface area contributed by atoms with Crippen LogP contribution in [0, 0.1) is 0 Å². The van der Waals surface area contributed by atoms with E-state index in [1.54, 1.807) is 0 Å². The van der Waals surface area contributed by atoms with Gasteiger partial charge in [-0.05, 0) is 37.1 Å². The lowest BCUT2D eigenvalue weighted by Crippen LogP contribution is -2.05. The second-order valence-corrected chi connectivity index (χ2v) is 6.01. The molecule has 1 aromatic carbocycles. The smallest absolute Gasteiger partial charge is 0.221 e. The molecule has 3 nitrogen and oxygen atoms in total. The molecule has 0 aromatic heterocycles. The van der Waals surface area contributed by atoms with E-state index >= 15 is 0 Å². The Kier molecular flexibility index (Phi) is 9.96. The van der Waals surface area contributed by atoms with Crippen LogP contribution in [0.5, 0.6) is 5.75 Å². The summed E-state index contributed by atoms with van der Waals surface area (Å²) in [6.07, 6.45) is 8.94. The van der Waals surface area contributed by atoms with Crippen LogP contribution in [0.1, 0.15) is 51.9 Å². The Hall–Kier alpha value is -1.03. The van der Waals surface area contributed by atoms with E-state index in [9.17, 15) is 4.79 Å². The maximum atomic E-state index is 10.9. The van der Waals surface area contributed by atoms with Gasteiger partial charge in [0.25, 0.3) is 0 Å². The fourth-order valence-corrected chi connectivity index (χ4v) is 2.50. The summed E-state index contributed by atoms with van der Waals surface area (Å²) in [6, 6.07) is 7.51. The molecule has 118 valence electrons. The molecule has 21 heavy (non-hydrogen) atoms. The molecule has 0 unspecified atom stereocenters. The number of carbonyl (C=O) groups excluding carboxylic acids is 1. The summed E-state index contributed by atoms with van der Waals surface area (Å²) in [7, 11) is 0. The minimum absolute atomic E-state index is 0.0557. The number of alkyl halides is 1. The van der Waals surface area contributed by atoms with Gasteiger partial charge >= 0.3 is 0 Å². The van der Waals surface area contributed by atoms with Crippen molar-refractivity contribution in [2.75, 3.05) is 17.3 Å². The van der Waals surface area contributed by atoms with Gasteiger partial charge in [-0.25, -0.2) is 0 Å². The molecule has 0 aliphatic rings. The number of hydrogen-bond acceptors (Lipinski definition) is 2. The van der Waals surface area contributed by atoms with E-state index in [4.69, 9.17) is 4.74 Å². The Morgan fingerprint density at radius 1 is 1.00 bits per heavy atom. The SMILES string of the molecule is CC(=O)Nc1ccc(OCCCCCCCCCBr)cc1. The minimum atomic E-state index is -0.0557. The van der Waals surface area contributed by atoms with Crippen molar-refractivity contribution >= 4 is 27.5 Å². The number of carbonyl (C=O) groups is 1. The lowest BCUT2D eigenvalue weighted by atomic mass is 10.1. The predicted molar refractivity (Wildman–Crippen MR) is 92.4 cm³/mol. The van der Waals surface area contributed by atoms with Crippen LogP contribution in [0.15, 0.2) is 24.3 Å². The average molecular weight is 356 g/mol. The third kappa shape index (κ3) is 9.51. The van der Waals surface area contributed by atoms with Crippen molar-refractivity contribution in [1.29, 1.82) is 0 Å². The van der Waals surface area contributed by atoms with E-state index in [1.165, 1.54) is 45.4 Å². The Balaban J connectivity index is 2.03. The number of amides is 1. The van der Waals surface area contributed by atoms with Crippen LogP contribution in [0.3, 0.4) is 0 Å². The van der Waals surface area contributed by atoms with Gasteiger partial charge in [0.1, 0.15) is 5.75 Å². The second kappa shape index (κ2) is 11.6. The third-order valence-corrected chi connectivity index (χ3v) is 3.78. The van der Waals surface area contributed by atoms with Gasteiger partial charge in [-0.15, -0.1) is 0 Å². The summed E-state index contributed by atoms with van der Waals surface area (Å²) in [6.45, 7) is 2.27. The zero-order valence-corrected chi connectivity index (χ0v) is 14.5. The number of anilines is 1. The van der Waals surface area contributed by atoms with E-state index in [0.717, 1.165) is 29.8 Å². The molecule has 0 aliphatic heterocycles. The Labute approximate surface area is 136 Å². The van der Waals surface area contributed by atoms with Crippen LogP contribution in [0.2, 0.25) is 0 Å². The molecule has 1 amide bonds. The van der Waals surface area contributed by atoms with E-state index in [2.05, 4.69) is 21.2 Å². The van der Waals surface area contributed by atoms with E-state index in [-0.39, 0.29) is 5.91 Å². The van der Waals surface area contributed by atoms with Crippen molar-refractivity contribution in [3.63, 3.8) is 0 Å². The van der Waals surface area contributed by atoms with Crippen LogP contribution >= 0.6 is 15.9 Å². The lowest BCUT2D eigenvalue weighted by molar-refractivity contribution is -0.114. The van der Waals surface area contributed by atoms with Crippen molar-refractivity contribution in [3.05, 3.63) is 24.3 Å². The lowest BCUT2D eigenvalue weighted by Gasteiger charge is -2.07. The fraction of sp³-hybridized carbons (Fsp3) is 0.588. The van der Waals surface area contributed by atoms with Crippen molar-refractivity contribution < 1.29 is 9.53 Å². The van der Waals surface area contributed by atoms with Gasteiger partial charge in [0.2, 0.25) is 5.91 Å². The van der Waals surface area contributed by atoms with Gasteiger partial charge in [-0.2, -0.15) is 0 Å². The van der Waals surface area contributed by atoms with Crippen LogP contribution in [0.4, 0.5) is 5.69 Å². The van der Waals surface area contributed by atoms with Crippen molar-refractivity contribution in [2.24, 2.45) is 0 Å². The summed E-state index contributed by atoms with van der Waals surface area (Å²) in [4.78, 5) is 10.9. The maximum absolute atomic E-state index is 10.9. The number of halogens is 1. The van der Waals surface area contributed by atoms with Crippen molar-refractivity contribution in [2.45, 2.75) is 51.9 Å². The van der Waals surface area contributed by atoms with Gasteiger partial charge in [-0.3, -0.25) is 4.79 Å². The molecule has 0 atom stereocenters. The zero-order valence-electron chi connectivity index (χ0n) is 12.9. The second-order valence-electron chi connectivity index (χ2n) is 5.22. The Morgan fingerprint density at radius 2 is 1.57 bits per heavy atom. The van der Waals surface area contributed by atoms with Gasteiger partial charge < -0.3 is 10.1 Å². The van der Waals surface area contributed by atoms with Gasteiger partial charge in [0.05, 0.1) is 6.61 Å². The molecule has 0 radical (unpaired) electrons. The van der Waals surface area contributed by atoms with Gasteiger partial charge in [0, 0.05) is 17.9 Å². The molecule has 0 aliphatic carbocycles. The Morgan fingerprint density at radius 3 is 2.14 bits per heavy atom. The molecule has 0 spiro atoms. The molecular weight excluding hydrogens is 330 g/mol. The van der Waals surface area contributed by atoms with Crippen molar-refractivity contribution in [3.8, 4) is 5.75 Å². The predicted octanol–water partition coefficient (Wildman–Crippen LogP) is 5.15. The summed E-state index contributed by atoms with van der Waals surface area (Å²) >= 11 is 3.45. The number of ether oxygens (including phenoxy) is 1. The summed E-state index contributed by atoms with van der Waals surface area (Å²) in [5, 5.41) is 3.87. The molecule has 0 bridgehead atoms. The van der Waals surface area contributed by atoms with Crippen LogP contribution < -0.4 is 10.1 Å². The van der Waals surface area contributed by atoms with Crippen LogP contribution in [-0.4, -0.2) is 17.8 Å². The van der Waals surface area contributed by atoms with Crippen molar-refractivity contribution in [1.82, 2.24) is 0 Å². The first-order valence-electron chi connectivity index (χ1n) is 7.79. The number of unbranched alkanes of at least 4 members (excludes halogenated alkanes) is 6. The normalized spacial score (nSPS) is 10.4. The number of rotatable bonds is 11. The highest BCUT2D eigenvalue weighted by Crippen LogP contribution is 2.16. The fourth-order valence-electron chi connectivity index (χ4n) is 2.11. The standard InChI is InChI=1S/C17H26BrNO2/c1-15(20)19-16-9-11-17(12-10-16)21-14-8-6-4-2-3-5-7-13-18/h9-12H,2-8,13-14H2,1H3,(H,19,20). The summed E-state index contributed by atoms with van der Waals surface area (Å²) in [5.74, 6) is 0.807. The molecule has 0 saturated carbocycles. The van der Waals surface area contributed by atoms with E-state index < -0.39 is 0 Å². The monoisotopic (exact) mass is 355 g/mol. The average Bonchev–Trinajstić information content (AvgIpc) is 2.47. The highest BCUT2D eigenvalue weighted by molar-refractivity contribution is 9.09. The number of benzene rings is 1. The zero-order chi connectivity index (χ0) is 15.3. The molecular formula is C17H26BrNO2. The molecule has 0 heterocycles. The third-order valence-electron chi connectivity index (χ3n) is 3.22. The highest BCUT2D eigenvalue weighted by atomic mass is 79.9. The highest BCUT2D eigenvalue weighted by Gasteiger charge is 1.97. The molecule has 1 aromatic rings. The molecule has 1 N–H and O–H groups in total. The topological polar surface area (TPSA) is 38.3 Å². The summed E-state index contributed by atoms with van der Waals surface area (Å²) in [5.41, 5.74) is 0.804. The quantitative estimate of drug-likeness (QED) is 0.440. The largest absolute Gasteiger partial charge is 0.494 e. The van der Waals surface area contributed by atoms with Gasteiger partial charge in [-0.1, -0.05) is 48.0 Å². The van der Waals surface area contributed by atoms with Crippen LogP contribution in [0.25, 0.3) is 0 Å². The first-order chi connectivity index (χ1) is 10.2. The maximum Gasteiger partial charge on any atom is 0.221 e. The van der Waals surface area contributed by atoms with E-state index in [1.807, 2.05) is 24.3 Å².